The smallest absolute Gasteiger partial charge is 0.224 e. The van der Waals surface area contributed by atoms with E-state index in [0.29, 0.717) is 30.5 Å². The molecule has 1 aromatic carbocycles. The molecule has 1 unspecified atom stereocenters. The average molecular weight is 252 g/mol. The van der Waals surface area contributed by atoms with Crippen molar-refractivity contribution in [2.24, 2.45) is 17.6 Å². The van der Waals surface area contributed by atoms with E-state index in [-0.39, 0.29) is 11.7 Å². The Morgan fingerprint density at radius 3 is 2.72 bits per heavy atom. The molecule has 3 nitrogen and oxygen atoms in total. The van der Waals surface area contributed by atoms with Gasteiger partial charge in [-0.1, -0.05) is 19.9 Å². The van der Waals surface area contributed by atoms with Crippen molar-refractivity contribution in [3.63, 3.8) is 0 Å². The van der Waals surface area contributed by atoms with Crippen molar-refractivity contribution < 1.29 is 9.18 Å². The van der Waals surface area contributed by atoms with Crippen LogP contribution < -0.4 is 11.1 Å². The molecule has 1 aromatic rings. The highest BCUT2D eigenvalue weighted by atomic mass is 19.1. The quantitative estimate of drug-likeness (QED) is 0.818. The number of nitrogens with two attached hydrogens (primary N) is 1. The van der Waals surface area contributed by atoms with Crippen LogP contribution in [0.5, 0.6) is 0 Å². The van der Waals surface area contributed by atoms with E-state index < -0.39 is 0 Å². The predicted molar refractivity (Wildman–Crippen MR) is 71.6 cm³/mol. The van der Waals surface area contributed by atoms with Crippen LogP contribution in [-0.2, 0) is 4.79 Å². The van der Waals surface area contributed by atoms with Crippen LogP contribution in [0.1, 0.15) is 26.7 Å². The second kappa shape index (κ2) is 7.11. The number of halogens is 1. The number of hydrogen-bond donors (Lipinski definition) is 2. The first-order chi connectivity index (χ1) is 8.52. The van der Waals surface area contributed by atoms with Crippen LogP contribution in [-0.4, -0.2) is 12.5 Å². The Balaban J connectivity index is 2.42. The fourth-order valence-corrected chi connectivity index (χ4v) is 1.83. The molecule has 1 atom stereocenters. The van der Waals surface area contributed by atoms with Crippen molar-refractivity contribution in [3.05, 3.63) is 30.1 Å². The van der Waals surface area contributed by atoms with E-state index in [2.05, 4.69) is 19.2 Å². The van der Waals surface area contributed by atoms with Gasteiger partial charge < -0.3 is 11.1 Å². The Labute approximate surface area is 108 Å². The average Bonchev–Trinajstić information content (AvgIpc) is 2.29. The zero-order chi connectivity index (χ0) is 13.5. The molecule has 0 fully saturated rings. The summed E-state index contributed by atoms with van der Waals surface area (Å²) >= 11 is 0. The van der Waals surface area contributed by atoms with Crippen molar-refractivity contribution >= 4 is 11.6 Å². The number of nitrogens with one attached hydrogen (secondary N) is 1. The maximum absolute atomic E-state index is 12.9. The molecule has 4 heteroatoms. The molecule has 3 N–H and O–H groups in total. The SMILES string of the molecule is CC(C)C(CN)CCC(=O)Nc1cccc(F)c1. The van der Waals surface area contributed by atoms with Crippen molar-refractivity contribution in [1.29, 1.82) is 0 Å². The first kappa shape index (κ1) is 14.6. The molecular weight excluding hydrogens is 231 g/mol. The van der Waals surface area contributed by atoms with Crippen LogP contribution >= 0.6 is 0 Å². The third kappa shape index (κ3) is 4.84. The molecule has 1 rings (SSSR count). The Kier molecular flexibility index (Phi) is 5.78. The zero-order valence-corrected chi connectivity index (χ0v) is 10.9. The van der Waals surface area contributed by atoms with Gasteiger partial charge in [-0.3, -0.25) is 4.79 Å². The molecule has 0 radical (unpaired) electrons. The van der Waals surface area contributed by atoms with Crippen molar-refractivity contribution in [1.82, 2.24) is 0 Å². The lowest BCUT2D eigenvalue weighted by Gasteiger charge is -2.18. The van der Waals surface area contributed by atoms with E-state index in [1.165, 1.54) is 12.1 Å². The summed E-state index contributed by atoms with van der Waals surface area (Å²) in [6.07, 6.45) is 1.17. The fraction of sp³-hybridized carbons (Fsp3) is 0.500. The van der Waals surface area contributed by atoms with Gasteiger partial charge >= 0.3 is 0 Å². The molecule has 0 heterocycles. The molecule has 100 valence electrons. The lowest BCUT2D eigenvalue weighted by Crippen LogP contribution is -2.22. The maximum atomic E-state index is 12.9. The van der Waals surface area contributed by atoms with E-state index in [0.717, 1.165) is 6.42 Å². The number of carbonyl (C=O) groups excluding carboxylic acids is 1. The van der Waals surface area contributed by atoms with Crippen LogP contribution in [0.25, 0.3) is 0 Å². The van der Waals surface area contributed by atoms with E-state index in [1.807, 2.05) is 0 Å². The number of amides is 1. The number of anilines is 1. The summed E-state index contributed by atoms with van der Waals surface area (Å²) in [5, 5.41) is 2.68. The summed E-state index contributed by atoms with van der Waals surface area (Å²) < 4.78 is 12.9. The molecule has 0 aromatic heterocycles. The molecule has 0 saturated carbocycles. The van der Waals surface area contributed by atoms with Gasteiger partial charge in [0.15, 0.2) is 0 Å². The third-order valence-corrected chi connectivity index (χ3v) is 3.10. The van der Waals surface area contributed by atoms with Gasteiger partial charge in [-0.15, -0.1) is 0 Å². The molecule has 0 bridgehead atoms. The van der Waals surface area contributed by atoms with E-state index in [9.17, 15) is 9.18 Å². The van der Waals surface area contributed by atoms with Gasteiger partial charge in [0.1, 0.15) is 5.82 Å². The predicted octanol–water partition coefficient (Wildman–Crippen LogP) is 2.78. The molecular formula is C14H21FN2O. The van der Waals surface area contributed by atoms with Gasteiger partial charge in [0.2, 0.25) is 5.91 Å². The van der Waals surface area contributed by atoms with Gasteiger partial charge in [-0.25, -0.2) is 4.39 Å². The Morgan fingerprint density at radius 1 is 1.44 bits per heavy atom. The lowest BCUT2D eigenvalue weighted by atomic mass is 9.91. The minimum Gasteiger partial charge on any atom is -0.330 e. The van der Waals surface area contributed by atoms with Crippen LogP contribution in [0.2, 0.25) is 0 Å². The highest BCUT2D eigenvalue weighted by Crippen LogP contribution is 2.16. The van der Waals surface area contributed by atoms with Crippen LogP contribution in [0.3, 0.4) is 0 Å². The summed E-state index contributed by atoms with van der Waals surface area (Å²) in [4.78, 5) is 11.7. The molecule has 0 aliphatic carbocycles. The number of carbonyl (C=O) groups is 1. The third-order valence-electron chi connectivity index (χ3n) is 3.10. The van der Waals surface area contributed by atoms with Gasteiger partial charge in [0.05, 0.1) is 0 Å². The second-order valence-corrected chi connectivity index (χ2v) is 4.84. The highest BCUT2D eigenvalue weighted by molar-refractivity contribution is 5.90. The summed E-state index contributed by atoms with van der Waals surface area (Å²) in [6.45, 7) is 4.79. The van der Waals surface area contributed by atoms with E-state index in [1.54, 1.807) is 12.1 Å². The Bertz CT molecular complexity index is 393. The summed E-state index contributed by atoms with van der Waals surface area (Å²) in [5.74, 6) is 0.370. The molecule has 0 saturated heterocycles. The minimum absolute atomic E-state index is 0.0975. The van der Waals surface area contributed by atoms with Crippen LogP contribution in [0.4, 0.5) is 10.1 Å². The molecule has 0 aliphatic heterocycles. The van der Waals surface area contributed by atoms with Gasteiger partial charge in [0, 0.05) is 12.1 Å². The zero-order valence-electron chi connectivity index (χ0n) is 10.9. The molecule has 1 amide bonds. The molecule has 18 heavy (non-hydrogen) atoms. The van der Waals surface area contributed by atoms with Crippen molar-refractivity contribution in [2.45, 2.75) is 26.7 Å². The van der Waals surface area contributed by atoms with Gasteiger partial charge in [0.25, 0.3) is 0 Å². The highest BCUT2D eigenvalue weighted by Gasteiger charge is 2.13. The van der Waals surface area contributed by atoms with Crippen LogP contribution in [0, 0.1) is 17.7 Å². The Hall–Kier alpha value is -1.42. The summed E-state index contributed by atoms with van der Waals surface area (Å²) in [6, 6.07) is 5.89. The monoisotopic (exact) mass is 252 g/mol. The second-order valence-electron chi connectivity index (χ2n) is 4.84. The van der Waals surface area contributed by atoms with E-state index >= 15 is 0 Å². The Morgan fingerprint density at radius 2 is 2.17 bits per heavy atom. The first-order valence-electron chi connectivity index (χ1n) is 6.28. The fourth-order valence-electron chi connectivity index (χ4n) is 1.83. The minimum atomic E-state index is -0.352. The largest absolute Gasteiger partial charge is 0.330 e. The standard InChI is InChI=1S/C14H21FN2O/c1-10(2)11(9-16)6-7-14(18)17-13-5-3-4-12(15)8-13/h3-5,8,10-11H,6-7,9,16H2,1-2H3,(H,17,18). The van der Waals surface area contributed by atoms with Gasteiger partial charge in [-0.05, 0) is 43.0 Å². The number of rotatable bonds is 6. The number of benzene rings is 1. The first-order valence-corrected chi connectivity index (χ1v) is 6.28. The lowest BCUT2D eigenvalue weighted by molar-refractivity contribution is -0.116. The number of hydrogen-bond acceptors (Lipinski definition) is 2. The molecule has 0 spiro atoms. The normalized spacial score (nSPS) is 12.5. The summed E-state index contributed by atoms with van der Waals surface area (Å²) in [7, 11) is 0. The van der Waals surface area contributed by atoms with Crippen molar-refractivity contribution in [2.75, 3.05) is 11.9 Å². The van der Waals surface area contributed by atoms with Crippen LogP contribution in [0.15, 0.2) is 24.3 Å². The maximum Gasteiger partial charge on any atom is 0.224 e. The van der Waals surface area contributed by atoms with Crippen molar-refractivity contribution in [3.8, 4) is 0 Å². The van der Waals surface area contributed by atoms with Gasteiger partial charge in [-0.2, -0.15) is 0 Å². The summed E-state index contributed by atoms with van der Waals surface area (Å²) in [5.41, 5.74) is 6.15. The molecule has 0 aliphatic rings. The topological polar surface area (TPSA) is 55.1 Å². The van der Waals surface area contributed by atoms with E-state index in [4.69, 9.17) is 5.73 Å².